The van der Waals surface area contributed by atoms with Crippen molar-refractivity contribution in [2.75, 3.05) is 0 Å². The zero-order valence-electron chi connectivity index (χ0n) is 18.6. The van der Waals surface area contributed by atoms with E-state index < -0.39 is 10.2 Å². The van der Waals surface area contributed by atoms with Crippen LogP contribution >= 0.6 is 0 Å². The first-order chi connectivity index (χ1) is 14.9. The van der Waals surface area contributed by atoms with Crippen molar-refractivity contribution in [2.45, 2.75) is 90.1 Å². The summed E-state index contributed by atoms with van der Waals surface area (Å²) in [6.45, 7) is 2.34. The molecule has 0 fully saturated rings. The number of hydrogen-bond acceptors (Lipinski definition) is 4. The molecule has 0 aromatic carbocycles. The van der Waals surface area contributed by atoms with E-state index in [2.05, 4.69) is 70.3 Å². The lowest BCUT2D eigenvalue weighted by Gasteiger charge is -2.17. The van der Waals surface area contributed by atoms with Crippen molar-refractivity contribution in [3.05, 3.63) is 61.2 Å². The average Bonchev–Trinajstić information content (AvgIpc) is 2.74. The molecule has 2 aromatic heterocycles. The normalized spacial score (nSPS) is 11.1. The van der Waals surface area contributed by atoms with Crippen LogP contribution in [-0.4, -0.2) is 0 Å². The Kier molecular flexibility index (Phi) is 16.0. The van der Waals surface area contributed by atoms with Crippen LogP contribution in [0.2, 0.25) is 0 Å². The van der Waals surface area contributed by atoms with Crippen LogP contribution in [0.15, 0.2) is 61.2 Å². The predicted molar refractivity (Wildman–Crippen MR) is 109 cm³/mol. The third-order valence-corrected chi connectivity index (χ3v) is 5.14. The van der Waals surface area contributed by atoms with E-state index >= 15 is 0 Å². The second-order valence-corrected chi connectivity index (χ2v) is 8.60. The number of halogens is 1. The molecule has 31 heavy (non-hydrogen) atoms. The highest BCUT2D eigenvalue weighted by Gasteiger charge is 1.99. The molecule has 0 saturated carbocycles. The van der Waals surface area contributed by atoms with Crippen LogP contribution in [-0.2, 0) is 13.1 Å². The van der Waals surface area contributed by atoms with Gasteiger partial charge in [0.2, 0.25) is 0 Å². The molecule has 0 N–H and O–H groups in total. The molecule has 6 nitrogen and oxygen atoms in total. The van der Waals surface area contributed by atoms with E-state index in [0.29, 0.717) is 0 Å². The van der Waals surface area contributed by atoms with E-state index in [9.17, 15) is 0 Å². The summed E-state index contributed by atoms with van der Waals surface area (Å²) in [4.78, 5) is 0. The summed E-state index contributed by atoms with van der Waals surface area (Å²) in [6.07, 6.45) is 25.5. The van der Waals surface area contributed by atoms with Crippen LogP contribution in [0, 0.1) is 10.2 Å². The zero-order chi connectivity index (χ0) is 22.6. The number of pyridine rings is 2. The van der Waals surface area contributed by atoms with E-state index in [0.717, 1.165) is 0 Å². The van der Waals surface area contributed by atoms with E-state index in [1.54, 1.807) is 0 Å². The Bertz CT molecular complexity index is 582. The van der Waals surface area contributed by atoms with Gasteiger partial charge in [0.05, 0.1) is 0 Å². The molecule has 0 aliphatic carbocycles. The van der Waals surface area contributed by atoms with Crippen molar-refractivity contribution < 1.29 is 38.0 Å². The molecule has 0 saturated heterocycles. The summed E-state index contributed by atoms with van der Waals surface area (Å²) in [6, 6.07) is 12.6. The summed E-state index contributed by atoms with van der Waals surface area (Å²) < 4.78 is 38.6. The minimum atomic E-state index is -4.94. The molecule has 0 aliphatic rings. The fourth-order valence-electron chi connectivity index (χ4n) is 3.52. The molecule has 0 bridgehead atoms. The van der Waals surface area contributed by atoms with Crippen LogP contribution in [0.3, 0.4) is 0 Å². The first kappa shape index (κ1) is 27.5. The lowest BCUT2D eigenvalue weighted by molar-refractivity contribution is -2.00. The smallest absolute Gasteiger partial charge is 0.168 e. The van der Waals surface area contributed by atoms with Gasteiger partial charge >= 0.3 is 0 Å². The fourth-order valence-corrected chi connectivity index (χ4v) is 3.52. The van der Waals surface area contributed by atoms with Crippen LogP contribution in [0.25, 0.3) is 0 Å². The van der Waals surface area contributed by atoms with Gasteiger partial charge in [0.15, 0.2) is 24.8 Å². The molecular formula is C24H38ClN2O4+. The number of nitrogens with zero attached hydrogens (tertiary/aromatic N) is 2. The van der Waals surface area contributed by atoms with Crippen molar-refractivity contribution in [3.63, 3.8) is 0 Å². The minimum absolute atomic E-state index is 1.17. The lowest BCUT2D eigenvalue weighted by Crippen LogP contribution is -2.68. The molecule has 2 aromatic rings. The van der Waals surface area contributed by atoms with Crippen molar-refractivity contribution in [3.8, 4) is 0 Å². The Labute approximate surface area is 189 Å². The monoisotopic (exact) mass is 453 g/mol. The van der Waals surface area contributed by atoms with E-state index in [4.69, 9.17) is 18.6 Å². The summed E-state index contributed by atoms with van der Waals surface area (Å²) >= 11 is 0. The molecular weight excluding hydrogens is 416 g/mol. The van der Waals surface area contributed by atoms with E-state index in [1.165, 1.54) is 90.1 Å². The third-order valence-electron chi connectivity index (χ3n) is 5.14. The number of aromatic nitrogens is 2. The topological polar surface area (TPSA) is 100 Å². The molecule has 174 valence electrons. The van der Waals surface area contributed by atoms with Crippen LogP contribution < -0.4 is 27.8 Å². The first-order valence-electron chi connectivity index (χ1n) is 11.4. The quantitative estimate of drug-likeness (QED) is 0.295. The number of hydrogen-bond donors (Lipinski definition) is 0. The molecule has 0 spiro atoms. The molecule has 2 heterocycles. The van der Waals surface area contributed by atoms with Gasteiger partial charge in [-0.1, -0.05) is 63.5 Å². The van der Waals surface area contributed by atoms with Gasteiger partial charge in [-0.25, -0.2) is 27.8 Å². The molecule has 0 unspecified atom stereocenters. The standard InChI is InChI=1S/C24H38N2.ClHO4/c1(3-5-7-9-13-19-25-21-15-11-16-22-25)2-4-6-8-10-14-20-26-23-17-12-18-24-26;2-1(3,4)5/h11-12,15-18,21-24H,1-10,13-14,19-20H2;(H,2,3,4,5)/q+2;/p-1. The highest BCUT2D eigenvalue weighted by atomic mass is 35.7. The molecule has 0 aliphatic heterocycles. The van der Waals surface area contributed by atoms with Gasteiger partial charge in [-0.15, -0.1) is 10.2 Å². The Morgan fingerprint density at radius 2 is 0.613 bits per heavy atom. The Balaban J connectivity index is 0.000000861. The van der Waals surface area contributed by atoms with Gasteiger partial charge in [0.1, 0.15) is 13.1 Å². The second-order valence-electron chi connectivity index (χ2n) is 7.85. The maximum absolute atomic E-state index is 8.49. The highest BCUT2D eigenvalue weighted by Crippen LogP contribution is 2.12. The Morgan fingerprint density at radius 1 is 0.387 bits per heavy atom. The van der Waals surface area contributed by atoms with Crippen molar-refractivity contribution >= 4 is 0 Å². The zero-order valence-corrected chi connectivity index (χ0v) is 19.3. The number of aryl methyl sites for hydroxylation is 2. The van der Waals surface area contributed by atoms with Crippen molar-refractivity contribution in [1.82, 2.24) is 0 Å². The Hall–Kier alpha value is -1.57. The van der Waals surface area contributed by atoms with Crippen LogP contribution in [0.4, 0.5) is 0 Å². The molecule has 7 heteroatoms. The van der Waals surface area contributed by atoms with Gasteiger partial charge in [0, 0.05) is 37.1 Å². The maximum Gasteiger partial charge on any atom is 0.168 e. The second kappa shape index (κ2) is 18.0. The summed E-state index contributed by atoms with van der Waals surface area (Å²) in [7, 11) is -4.94. The summed E-state index contributed by atoms with van der Waals surface area (Å²) in [5, 5.41) is 0. The predicted octanol–water partition coefficient (Wildman–Crippen LogP) is 0.887. The lowest BCUT2D eigenvalue weighted by atomic mass is 10.1. The van der Waals surface area contributed by atoms with Crippen molar-refractivity contribution in [1.29, 1.82) is 0 Å². The Morgan fingerprint density at radius 3 is 0.871 bits per heavy atom. The van der Waals surface area contributed by atoms with Gasteiger partial charge in [-0.2, -0.15) is 0 Å². The molecule has 2 rings (SSSR count). The maximum atomic E-state index is 8.49. The third kappa shape index (κ3) is 20.1. The van der Waals surface area contributed by atoms with Gasteiger partial charge in [0.25, 0.3) is 0 Å². The first-order valence-corrected chi connectivity index (χ1v) is 12.7. The SMILES string of the molecule is [O-][Cl+3]([O-])([O-])[O-].c1cc[n+](CCCCCCCCCCCCCC[n+]2ccccc2)cc1. The average molecular weight is 454 g/mol. The molecule has 0 amide bonds. The largest absolute Gasteiger partial charge is 0.222 e. The fraction of sp³-hybridized carbons (Fsp3) is 0.583. The summed E-state index contributed by atoms with van der Waals surface area (Å²) in [5.41, 5.74) is 0. The highest BCUT2D eigenvalue weighted by molar-refractivity contribution is 4.84. The van der Waals surface area contributed by atoms with Crippen LogP contribution in [0.5, 0.6) is 0 Å². The summed E-state index contributed by atoms with van der Waals surface area (Å²) in [5.74, 6) is 0. The number of unbranched alkanes of at least 4 members (excludes halogenated alkanes) is 11. The molecule has 0 atom stereocenters. The molecule has 0 radical (unpaired) electrons. The minimum Gasteiger partial charge on any atom is -0.222 e. The van der Waals surface area contributed by atoms with Gasteiger partial charge in [-0.3, -0.25) is 0 Å². The van der Waals surface area contributed by atoms with E-state index in [1.807, 2.05) is 0 Å². The van der Waals surface area contributed by atoms with Gasteiger partial charge in [-0.05, 0) is 12.8 Å². The number of rotatable bonds is 15. The van der Waals surface area contributed by atoms with Crippen LogP contribution in [0.1, 0.15) is 77.0 Å². The van der Waals surface area contributed by atoms with E-state index in [-0.39, 0.29) is 0 Å². The van der Waals surface area contributed by atoms with Crippen molar-refractivity contribution in [2.24, 2.45) is 0 Å². The van der Waals surface area contributed by atoms with Gasteiger partial charge < -0.3 is 0 Å².